The lowest BCUT2D eigenvalue weighted by molar-refractivity contribution is 0.249. The fraction of sp³-hybridized carbons (Fsp3) is 0.615. The van der Waals surface area contributed by atoms with Gasteiger partial charge in [0.05, 0.1) is 6.54 Å². The monoisotopic (exact) mass is 324 g/mol. The van der Waals surface area contributed by atoms with E-state index in [-0.39, 0.29) is 0 Å². The molecule has 1 saturated heterocycles. The van der Waals surface area contributed by atoms with Gasteiger partial charge in [0.1, 0.15) is 5.01 Å². The van der Waals surface area contributed by atoms with Crippen molar-refractivity contribution >= 4 is 32.9 Å². The minimum Gasteiger partial charge on any atom is -0.360 e. The van der Waals surface area contributed by atoms with Gasteiger partial charge in [-0.15, -0.1) is 21.5 Å². The summed E-state index contributed by atoms with van der Waals surface area (Å²) < 4.78 is 0. The smallest absolute Gasteiger partial charge is 0.205 e. The zero-order valence-electron chi connectivity index (χ0n) is 12.2. The molecule has 21 heavy (non-hydrogen) atoms. The van der Waals surface area contributed by atoms with E-state index in [1.54, 1.807) is 22.7 Å². The van der Waals surface area contributed by atoms with Crippen LogP contribution in [0.3, 0.4) is 0 Å². The first kappa shape index (κ1) is 14.7. The van der Waals surface area contributed by atoms with Gasteiger partial charge >= 0.3 is 0 Å². The number of aromatic nitrogens is 3. The quantitative estimate of drug-likeness (QED) is 0.878. The molecule has 0 aliphatic carbocycles. The molecule has 0 spiro atoms. The normalized spacial score (nSPS) is 16.3. The fourth-order valence-electron chi connectivity index (χ4n) is 2.28. The van der Waals surface area contributed by atoms with Gasteiger partial charge in [-0.2, -0.15) is 0 Å². The van der Waals surface area contributed by atoms with Crippen LogP contribution in [0.1, 0.15) is 18.4 Å². The van der Waals surface area contributed by atoms with E-state index in [1.807, 2.05) is 11.6 Å². The number of nitrogens with zero attached hydrogens (tertiary/aromatic N) is 5. The van der Waals surface area contributed by atoms with Crippen LogP contribution in [0, 0.1) is 0 Å². The molecule has 0 unspecified atom stereocenters. The summed E-state index contributed by atoms with van der Waals surface area (Å²) in [7, 11) is 0. The summed E-state index contributed by atoms with van der Waals surface area (Å²) in [5.41, 5.74) is 0. The van der Waals surface area contributed by atoms with Gasteiger partial charge in [0.15, 0.2) is 5.13 Å². The second-order valence-electron chi connectivity index (χ2n) is 5.01. The average molecular weight is 324 g/mol. The van der Waals surface area contributed by atoms with E-state index in [9.17, 15) is 0 Å². The Morgan fingerprint density at radius 3 is 2.81 bits per heavy atom. The summed E-state index contributed by atoms with van der Waals surface area (Å²) in [5.74, 6) is 0. The van der Waals surface area contributed by atoms with Gasteiger partial charge in [0.25, 0.3) is 0 Å². The van der Waals surface area contributed by atoms with Crippen LogP contribution in [0.5, 0.6) is 0 Å². The second kappa shape index (κ2) is 7.15. The maximum absolute atomic E-state index is 4.38. The Morgan fingerprint density at radius 1 is 1.24 bits per heavy atom. The maximum atomic E-state index is 4.38. The molecule has 0 atom stereocenters. The highest BCUT2D eigenvalue weighted by Gasteiger charge is 2.19. The minimum absolute atomic E-state index is 0.900. The molecule has 1 fully saturated rings. The summed E-state index contributed by atoms with van der Waals surface area (Å²) >= 11 is 3.38. The largest absolute Gasteiger partial charge is 0.360 e. The lowest BCUT2D eigenvalue weighted by Crippen LogP contribution is -2.45. The Kier molecular flexibility index (Phi) is 5.00. The lowest BCUT2D eigenvalue weighted by Gasteiger charge is -2.33. The first-order valence-corrected chi connectivity index (χ1v) is 8.98. The molecule has 0 bridgehead atoms. The minimum atomic E-state index is 0.900. The van der Waals surface area contributed by atoms with Crippen molar-refractivity contribution in [3.05, 3.63) is 16.6 Å². The molecule has 0 amide bonds. The SMILES string of the molecule is CCCNc1nnc(CN2CCN(c3nccs3)CC2)s1. The molecule has 0 radical (unpaired) electrons. The highest BCUT2D eigenvalue weighted by molar-refractivity contribution is 7.15. The first-order chi connectivity index (χ1) is 10.3. The summed E-state index contributed by atoms with van der Waals surface area (Å²) in [6.45, 7) is 8.18. The topological polar surface area (TPSA) is 57.2 Å². The predicted molar refractivity (Wildman–Crippen MR) is 88.3 cm³/mol. The number of nitrogens with one attached hydrogen (secondary N) is 1. The van der Waals surface area contributed by atoms with E-state index >= 15 is 0 Å². The third-order valence-corrected chi connectivity index (χ3v) is 5.11. The van der Waals surface area contributed by atoms with Crippen molar-refractivity contribution in [2.24, 2.45) is 0 Å². The molecule has 1 aliphatic heterocycles. The second-order valence-corrected chi connectivity index (χ2v) is 6.94. The van der Waals surface area contributed by atoms with Crippen molar-refractivity contribution in [2.45, 2.75) is 19.9 Å². The number of piperazine rings is 1. The molecule has 3 rings (SSSR count). The lowest BCUT2D eigenvalue weighted by atomic mass is 10.3. The van der Waals surface area contributed by atoms with Crippen LogP contribution in [0.2, 0.25) is 0 Å². The highest BCUT2D eigenvalue weighted by Crippen LogP contribution is 2.21. The van der Waals surface area contributed by atoms with Crippen LogP contribution in [0.25, 0.3) is 0 Å². The van der Waals surface area contributed by atoms with Crippen molar-refractivity contribution in [1.29, 1.82) is 0 Å². The zero-order valence-corrected chi connectivity index (χ0v) is 13.8. The third kappa shape index (κ3) is 3.90. The predicted octanol–water partition coefficient (Wildman–Crippen LogP) is 2.14. The Balaban J connectivity index is 1.47. The number of thiazole rings is 1. The molecule has 2 aromatic rings. The summed E-state index contributed by atoms with van der Waals surface area (Å²) in [5, 5.41) is 17.0. The molecule has 1 aliphatic rings. The highest BCUT2D eigenvalue weighted by atomic mass is 32.1. The summed E-state index contributed by atoms with van der Waals surface area (Å²) in [4.78, 5) is 9.17. The van der Waals surface area contributed by atoms with Crippen molar-refractivity contribution < 1.29 is 0 Å². The van der Waals surface area contributed by atoms with E-state index in [1.165, 1.54) is 0 Å². The van der Waals surface area contributed by atoms with Gasteiger partial charge in [0.2, 0.25) is 5.13 Å². The van der Waals surface area contributed by atoms with Gasteiger partial charge in [-0.1, -0.05) is 18.3 Å². The zero-order chi connectivity index (χ0) is 14.5. The molecule has 114 valence electrons. The van der Waals surface area contributed by atoms with Crippen LogP contribution < -0.4 is 10.2 Å². The van der Waals surface area contributed by atoms with Crippen LogP contribution >= 0.6 is 22.7 Å². The van der Waals surface area contributed by atoms with E-state index in [0.29, 0.717) is 0 Å². The first-order valence-electron chi connectivity index (χ1n) is 7.28. The van der Waals surface area contributed by atoms with Gasteiger partial charge in [-0.25, -0.2) is 4.98 Å². The molecular formula is C13H20N6S2. The van der Waals surface area contributed by atoms with Crippen molar-refractivity contribution in [1.82, 2.24) is 20.1 Å². The van der Waals surface area contributed by atoms with Crippen LogP contribution in [0.15, 0.2) is 11.6 Å². The van der Waals surface area contributed by atoms with Gasteiger partial charge in [-0.3, -0.25) is 4.90 Å². The van der Waals surface area contributed by atoms with E-state index in [2.05, 4.69) is 37.2 Å². The van der Waals surface area contributed by atoms with Crippen LogP contribution in [0.4, 0.5) is 10.3 Å². The number of hydrogen-bond donors (Lipinski definition) is 1. The van der Waals surface area contributed by atoms with Crippen molar-refractivity contribution in [3.63, 3.8) is 0 Å². The van der Waals surface area contributed by atoms with Crippen molar-refractivity contribution in [2.75, 3.05) is 42.9 Å². The third-order valence-electron chi connectivity index (χ3n) is 3.41. The summed E-state index contributed by atoms with van der Waals surface area (Å²) in [6, 6.07) is 0. The van der Waals surface area contributed by atoms with E-state index in [4.69, 9.17) is 0 Å². The molecule has 2 aromatic heterocycles. The van der Waals surface area contributed by atoms with Crippen molar-refractivity contribution in [3.8, 4) is 0 Å². The van der Waals surface area contributed by atoms with E-state index in [0.717, 1.165) is 61.0 Å². The van der Waals surface area contributed by atoms with Crippen LogP contribution in [-0.2, 0) is 6.54 Å². The molecule has 0 saturated carbocycles. The molecular weight excluding hydrogens is 304 g/mol. The fourth-order valence-corrected chi connectivity index (χ4v) is 3.79. The number of anilines is 2. The Hall–Kier alpha value is -1.25. The molecule has 6 nitrogen and oxygen atoms in total. The molecule has 1 N–H and O–H groups in total. The standard InChI is InChI=1S/C13H20N6S2/c1-2-3-14-12-17-16-11(21-12)10-18-5-7-19(8-6-18)13-15-4-9-20-13/h4,9H,2-3,5-8,10H2,1H3,(H,14,17). The Labute approximate surface area is 132 Å². The molecule has 0 aromatic carbocycles. The molecule has 3 heterocycles. The number of rotatable bonds is 6. The molecule has 8 heteroatoms. The van der Waals surface area contributed by atoms with Crippen LogP contribution in [-0.4, -0.2) is 52.8 Å². The van der Waals surface area contributed by atoms with Gasteiger partial charge < -0.3 is 10.2 Å². The summed E-state index contributed by atoms with van der Waals surface area (Å²) in [6.07, 6.45) is 2.98. The Morgan fingerprint density at radius 2 is 2.10 bits per heavy atom. The maximum Gasteiger partial charge on any atom is 0.205 e. The van der Waals surface area contributed by atoms with Gasteiger partial charge in [-0.05, 0) is 6.42 Å². The number of hydrogen-bond acceptors (Lipinski definition) is 8. The average Bonchev–Trinajstić information content (AvgIpc) is 3.17. The Bertz CT molecular complexity index is 533. The van der Waals surface area contributed by atoms with Gasteiger partial charge in [0, 0.05) is 44.3 Å². The van der Waals surface area contributed by atoms with E-state index < -0.39 is 0 Å².